The number of hydrogen-bond donors (Lipinski definition) is 1. The quantitative estimate of drug-likeness (QED) is 0.603. The predicted molar refractivity (Wildman–Crippen MR) is 118 cm³/mol. The highest BCUT2D eigenvalue weighted by Gasteiger charge is 2.14. The lowest BCUT2D eigenvalue weighted by Gasteiger charge is -2.17. The molecule has 28 heavy (non-hydrogen) atoms. The zero-order chi connectivity index (χ0) is 20.1. The Morgan fingerprint density at radius 1 is 1.21 bits per heavy atom. The van der Waals surface area contributed by atoms with Crippen molar-refractivity contribution in [3.8, 4) is 11.3 Å². The Labute approximate surface area is 168 Å². The molecule has 0 bridgehead atoms. The Hall–Kier alpha value is -2.24. The van der Waals surface area contributed by atoms with Crippen LogP contribution < -0.4 is 5.32 Å². The van der Waals surface area contributed by atoms with Gasteiger partial charge in [-0.2, -0.15) is 5.10 Å². The van der Waals surface area contributed by atoms with E-state index in [1.54, 1.807) is 0 Å². The van der Waals surface area contributed by atoms with Gasteiger partial charge in [-0.15, -0.1) is 0 Å². The number of nitrogens with zero attached hydrogens (tertiary/aromatic N) is 4. The first-order valence-corrected chi connectivity index (χ1v) is 10.3. The number of pyridine rings is 1. The third-order valence-electron chi connectivity index (χ3n) is 5.08. The topological polar surface area (TPSA) is 46.0 Å². The molecular formula is C23H33N5. The summed E-state index contributed by atoms with van der Waals surface area (Å²) in [4.78, 5) is 7.35. The molecule has 0 amide bonds. The summed E-state index contributed by atoms with van der Waals surface area (Å²) >= 11 is 0. The fourth-order valence-corrected chi connectivity index (χ4v) is 3.61. The lowest BCUT2D eigenvalue weighted by Crippen LogP contribution is -2.26. The van der Waals surface area contributed by atoms with Crippen LogP contribution >= 0.6 is 0 Å². The van der Waals surface area contributed by atoms with Crippen LogP contribution in [0.5, 0.6) is 0 Å². The van der Waals surface area contributed by atoms with Crippen molar-refractivity contribution in [2.24, 2.45) is 0 Å². The van der Waals surface area contributed by atoms with Crippen molar-refractivity contribution in [1.82, 2.24) is 25.0 Å². The maximum absolute atomic E-state index is 5.02. The molecule has 0 fully saturated rings. The van der Waals surface area contributed by atoms with Gasteiger partial charge in [-0.05, 0) is 57.6 Å². The van der Waals surface area contributed by atoms with E-state index in [0.717, 1.165) is 43.8 Å². The predicted octanol–water partition coefficient (Wildman–Crippen LogP) is 4.28. The molecule has 0 aliphatic carbocycles. The number of likely N-dealkylation sites (N-methyl/N-ethyl adjacent to an activating group) is 2. The first kappa shape index (κ1) is 20.5. The van der Waals surface area contributed by atoms with Crippen molar-refractivity contribution in [1.29, 1.82) is 0 Å². The van der Waals surface area contributed by atoms with Crippen molar-refractivity contribution in [3.63, 3.8) is 0 Å². The van der Waals surface area contributed by atoms with Gasteiger partial charge in [0, 0.05) is 36.6 Å². The molecule has 0 aliphatic rings. The molecule has 150 valence electrons. The van der Waals surface area contributed by atoms with Gasteiger partial charge in [0.25, 0.3) is 0 Å². The van der Waals surface area contributed by atoms with Crippen LogP contribution in [0.2, 0.25) is 0 Å². The van der Waals surface area contributed by atoms with Crippen molar-refractivity contribution in [3.05, 3.63) is 47.7 Å². The molecule has 1 N–H and O–H groups in total. The van der Waals surface area contributed by atoms with E-state index in [2.05, 4.69) is 73.5 Å². The molecule has 0 atom stereocenters. The van der Waals surface area contributed by atoms with E-state index in [1.165, 1.54) is 22.1 Å². The van der Waals surface area contributed by atoms with Gasteiger partial charge in [0.15, 0.2) is 5.65 Å². The summed E-state index contributed by atoms with van der Waals surface area (Å²) in [7, 11) is 4.15. The van der Waals surface area contributed by atoms with E-state index in [9.17, 15) is 0 Å². The molecule has 3 rings (SSSR count). The third-order valence-corrected chi connectivity index (χ3v) is 5.08. The van der Waals surface area contributed by atoms with Gasteiger partial charge in [0.2, 0.25) is 0 Å². The summed E-state index contributed by atoms with van der Waals surface area (Å²) in [5.74, 6) is 0. The number of fused-ring (bicyclic) bond motifs is 1. The van der Waals surface area contributed by atoms with E-state index in [4.69, 9.17) is 4.98 Å². The average molecular weight is 380 g/mol. The summed E-state index contributed by atoms with van der Waals surface area (Å²) in [6.45, 7) is 9.49. The standard InChI is InChI=1S/C23H33N5/c1-6-8-19-14-22(26-23-21(19)15-25-28(23)17(2)3)20-10-7-9-18(13-20)16-27(5)12-11-24-4/h7,9-10,13-15,17,24H,6,8,11-12,16H2,1-5H3. The monoisotopic (exact) mass is 379 g/mol. The van der Waals surface area contributed by atoms with Gasteiger partial charge in [-0.1, -0.05) is 31.5 Å². The largest absolute Gasteiger partial charge is 0.318 e. The van der Waals surface area contributed by atoms with Gasteiger partial charge in [0.05, 0.1) is 11.9 Å². The smallest absolute Gasteiger partial charge is 0.158 e. The molecule has 2 heterocycles. The van der Waals surface area contributed by atoms with E-state index < -0.39 is 0 Å². The molecule has 5 heteroatoms. The van der Waals surface area contributed by atoms with Gasteiger partial charge in [0.1, 0.15) is 0 Å². The second-order valence-corrected chi connectivity index (χ2v) is 7.88. The lowest BCUT2D eigenvalue weighted by molar-refractivity contribution is 0.328. The van der Waals surface area contributed by atoms with Gasteiger partial charge < -0.3 is 10.2 Å². The Bertz CT molecular complexity index is 912. The Balaban J connectivity index is 1.98. The summed E-state index contributed by atoms with van der Waals surface area (Å²) < 4.78 is 2.04. The minimum Gasteiger partial charge on any atom is -0.318 e. The van der Waals surface area contributed by atoms with Crippen molar-refractivity contribution < 1.29 is 0 Å². The van der Waals surface area contributed by atoms with Crippen LogP contribution in [0.1, 0.15) is 44.4 Å². The van der Waals surface area contributed by atoms with E-state index in [1.807, 2.05) is 17.9 Å². The zero-order valence-electron chi connectivity index (χ0n) is 17.9. The Morgan fingerprint density at radius 3 is 2.75 bits per heavy atom. The highest BCUT2D eigenvalue weighted by Crippen LogP contribution is 2.27. The van der Waals surface area contributed by atoms with Crippen molar-refractivity contribution in [2.45, 2.75) is 46.2 Å². The van der Waals surface area contributed by atoms with Gasteiger partial charge in [-0.25, -0.2) is 9.67 Å². The SMILES string of the molecule is CCCc1cc(-c2cccc(CN(C)CCNC)c2)nc2c1cnn2C(C)C. The molecule has 2 aromatic heterocycles. The van der Waals surface area contributed by atoms with Crippen LogP contribution in [0.15, 0.2) is 36.5 Å². The minimum atomic E-state index is 0.293. The third kappa shape index (κ3) is 4.59. The zero-order valence-corrected chi connectivity index (χ0v) is 17.9. The Kier molecular flexibility index (Phi) is 6.81. The highest BCUT2D eigenvalue weighted by atomic mass is 15.3. The molecule has 0 saturated heterocycles. The van der Waals surface area contributed by atoms with Crippen molar-refractivity contribution >= 4 is 11.0 Å². The van der Waals surface area contributed by atoms with E-state index >= 15 is 0 Å². The second-order valence-electron chi connectivity index (χ2n) is 7.88. The van der Waals surface area contributed by atoms with E-state index in [-0.39, 0.29) is 0 Å². The number of aryl methyl sites for hydroxylation is 1. The van der Waals surface area contributed by atoms with Crippen LogP contribution in [-0.2, 0) is 13.0 Å². The molecule has 5 nitrogen and oxygen atoms in total. The molecule has 0 saturated carbocycles. The molecule has 3 aromatic rings. The van der Waals surface area contributed by atoms with Gasteiger partial charge >= 0.3 is 0 Å². The fraction of sp³-hybridized carbons (Fsp3) is 0.478. The number of rotatable bonds is 9. The van der Waals surface area contributed by atoms with Crippen LogP contribution in [0.4, 0.5) is 0 Å². The fourth-order valence-electron chi connectivity index (χ4n) is 3.61. The minimum absolute atomic E-state index is 0.293. The van der Waals surface area contributed by atoms with Gasteiger partial charge in [-0.3, -0.25) is 0 Å². The van der Waals surface area contributed by atoms with Crippen LogP contribution in [0, 0.1) is 0 Å². The van der Waals surface area contributed by atoms with E-state index in [0.29, 0.717) is 6.04 Å². The molecule has 0 aliphatic heterocycles. The first-order valence-electron chi connectivity index (χ1n) is 10.3. The normalized spacial score (nSPS) is 11.8. The maximum atomic E-state index is 5.02. The number of benzene rings is 1. The number of nitrogens with one attached hydrogen (secondary N) is 1. The van der Waals surface area contributed by atoms with Crippen LogP contribution in [-0.4, -0.2) is 46.8 Å². The lowest BCUT2D eigenvalue weighted by atomic mass is 10.0. The molecule has 0 spiro atoms. The summed E-state index contributed by atoms with van der Waals surface area (Å²) in [6.07, 6.45) is 4.13. The maximum Gasteiger partial charge on any atom is 0.158 e. The number of hydrogen-bond acceptors (Lipinski definition) is 4. The summed E-state index contributed by atoms with van der Waals surface area (Å²) in [5.41, 5.74) is 5.86. The molecule has 0 unspecified atom stereocenters. The van der Waals surface area contributed by atoms with Crippen LogP contribution in [0.3, 0.4) is 0 Å². The average Bonchev–Trinajstić information content (AvgIpc) is 3.11. The Morgan fingerprint density at radius 2 is 2.04 bits per heavy atom. The summed E-state index contributed by atoms with van der Waals surface area (Å²) in [6, 6.07) is 11.3. The molecule has 0 radical (unpaired) electrons. The second kappa shape index (κ2) is 9.30. The highest BCUT2D eigenvalue weighted by molar-refractivity contribution is 5.82. The molecule has 1 aromatic carbocycles. The summed E-state index contributed by atoms with van der Waals surface area (Å²) in [5, 5.41) is 8.99. The first-order chi connectivity index (χ1) is 13.5. The number of aromatic nitrogens is 3. The molecular weight excluding hydrogens is 346 g/mol. The van der Waals surface area contributed by atoms with Crippen LogP contribution in [0.25, 0.3) is 22.3 Å². The van der Waals surface area contributed by atoms with Crippen molar-refractivity contribution in [2.75, 3.05) is 27.2 Å².